The molecule has 1 heterocycles. The molecule has 0 saturated heterocycles. The van der Waals surface area contributed by atoms with Crippen LogP contribution in [-0.2, 0) is 20.9 Å². The molecule has 1 atom stereocenters. The molecule has 3 aromatic rings. The van der Waals surface area contributed by atoms with Crippen molar-refractivity contribution in [2.45, 2.75) is 31.8 Å². The molecular formula is C24H24N4O5. The first-order chi connectivity index (χ1) is 15.9. The summed E-state index contributed by atoms with van der Waals surface area (Å²) in [5.41, 5.74) is 4.94. The van der Waals surface area contributed by atoms with Crippen LogP contribution in [0.3, 0.4) is 0 Å². The van der Waals surface area contributed by atoms with Crippen LogP contribution in [0.5, 0.6) is 0 Å². The molecule has 0 radical (unpaired) electrons. The van der Waals surface area contributed by atoms with Crippen molar-refractivity contribution in [3.05, 3.63) is 72.1 Å². The Kier molecular flexibility index (Phi) is 6.39. The summed E-state index contributed by atoms with van der Waals surface area (Å²) >= 11 is 0. The van der Waals surface area contributed by atoms with Crippen LogP contribution in [0.25, 0.3) is 11.1 Å². The highest BCUT2D eigenvalue weighted by Gasteiger charge is 2.29. The van der Waals surface area contributed by atoms with Gasteiger partial charge in [-0.2, -0.15) is 5.10 Å². The Bertz CT molecular complexity index is 1140. The number of aliphatic carboxylic acids is 1. The standard InChI is InChI=1S/C24H24N4O5/c1-15(10-22(29)27-16-11-25-28(12-16)13-23(30)31)26-24(32)33-14-21-19-8-4-2-6-17(19)18-7-3-5-9-20(18)21/h2-9,11-12,15,21H,10,13-14H2,1H3,(H,26,32)(H,27,29)(H,30,31)/t15-/m1/s1. The number of alkyl carbamates (subject to hydrolysis) is 1. The fourth-order valence-electron chi connectivity index (χ4n) is 4.04. The number of anilines is 1. The van der Waals surface area contributed by atoms with Gasteiger partial charge in [0, 0.05) is 24.6 Å². The number of carboxylic acids is 1. The quantitative estimate of drug-likeness (QED) is 0.486. The molecule has 2 aromatic carbocycles. The third-order valence-corrected chi connectivity index (χ3v) is 5.41. The molecule has 3 N–H and O–H groups in total. The third-order valence-electron chi connectivity index (χ3n) is 5.41. The molecular weight excluding hydrogens is 424 g/mol. The number of hydrogen-bond acceptors (Lipinski definition) is 5. The van der Waals surface area contributed by atoms with Crippen LogP contribution in [0.4, 0.5) is 10.5 Å². The summed E-state index contributed by atoms with van der Waals surface area (Å²) in [6, 6.07) is 15.7. The molecule has 0 spiro atoms. The van der Waals surface area contributed by atoms with Crippen molar-refractivity contribution in [2.75, 3.05) is 11.9 Å². The zero-order valence-electron chi connectivity index (χ0n) is 18.0. The number of amides is 2. The Morgan fingerprint density at radius 3 is 2.36 bits per heavy atom. The molecule has 1 aliphatic carbocycles. The van der Waals surface area contributed by atoms with Gasteiger partial charge >= 0.3 is 12.1 Å². The van der Waals surface area contributed by atoms with Crippen molar-refractivity contribution >= 4 is 23.7 Å². The van der Waals surface area contributed by atoms with Gasteiger partial charge in [-0.25, -0.2) is 4.79 Å². The average molecular weight is 448 g/mol. The maximum Gasteiger partial charge on any atom is 0.407 e. The number of nitrogens with zero attached hydrogens (tertiary/aromatic N) is 2. The second-order valence-corrected chi connectivity index (χ2v) is 7.94. The van der Waals surface area contributed by atoms with Crippen molar-refractivity contribution in [1.29, 1.82) is 0 Å². The largest absolute Gasteiger partial charge is 0.480 e. The first kappa shape index (κ1) is 22.1. The van der Waals surface area contributed by atoms with Crippen LogP contribution in [0, 0.1) is 0 Å². The Morgan fingerprint density at radius 1 is 1.09 bits per heavy atom. The van der Waals surface area contributed by atoms with E-state index in [9.17, 15) is 14.4 Å². The van der Waals surface area contributed by atoms with Gasteiger partial charge in [0.15, 0.2) is 0 Å². The molecule has 9 nitrogen and oxygen atoms in total. The Morgan fingerprint density at radius 2 is 1.73 bits per heavy atom. The molecule has 0 saturated carbocycles. The molecule has 4 rings (SSSR count). The fraction of sp³-hybridized carbons (Fsp3) is 0.250. The molecule has 1 aliphatic rings. The van der Waals surface area contributed by atoms with Gasteiger partial charge in [0.1, 0.15) is 13.2 Å². The second kappa shape index (κ2) is 9.56. The van der Waals surface area contributed by atoms with Crippen LogP contribution in [0.2, 0.25) is 0 Å². The van der Waals surface area contributed by atoms with Crippen molar-refractivity contribution in [3.8, 4) is 11.1 Å². The van der Waals surface area contributed by atoms with E-state index >= 15 is 0 Å². The molecule has 1 aromatic heterocycles. The number of carbonyl (C=O) groups is 3. The van der Waals surface area contributed by atoms with Crippen LogP contribution >= 0.6 is 0 Å². The summed E-state index contributed by atoms with van der Waals surface area (Å²) in [5, 5.41) is 17.9. The number of benzene rings is 2. The monoisotopic (exact) mass is 448 g/mol. The fourth-order valence-corrected chi connectivity index (χ4v) is 4.04. The summed E-state index contributed by atoms with van der Waals surface area (Å²) < 4.78 is 6.70. The lowest BCUT2D eigenvalue weighted by molar-refractivity contribution is -0.137. The average Bonchev–Trinajstić information content (AvgIpc) is 3.33. The number of hydrogen-bond donors (Lipinski definition) is 3. The van der Waals surface area contributed by atoms with Gasteiger partial charge in [-0.05, 0) is 29.2 Å². The normalized spacial score (nSPS) is 13.0. The summed E-state index contributed by atoms with van der Waals surface area (Å²) in [6.07, 6.45) is 2.22. The lowest BCUT2D eigenvalue weighted by atomic mass is 9.98. The van der Waals surface area contributed by atoms with Crippen molar-refractivity contribution in [2.24, 2.45) is 0 Å². The number of carbonyl (C=O) groups excluding carboxylic acids is 2. The van der Waals surface area contributed by atoms with E-state index in [1.165, 1.54) is 17.1 Å². The lowest BCUT2D eigenvalue weighted by Gasteiger charge is -2.17. The van der Waals surface area contributed by atoms with Crippen molar-refractivity contribution in [3.63, 3.8) is 0 Å². The summed E-state index contributed by atoms with van der Waals surface area (Å²) in [4.78, 5) is 35.3. The maximum atomic E-state index is 12.3. The molecule has 9 heteroatoms. The van der Waals surface area contributed by atoms with Gasteiger partial charge in [-0.15, -0.1) is 0 Å². The van der Waals surface area contributed by atoms with Gasteiger partial charge in [-0.3, -0.25) is 14.3 Å². The molecule has 2 amide bonds. The zero-order valence-corrected chi connectivity index (χ0v) is 18.0. The highest BCUT2D eigenvalue weighted by molar-refractivity contribution is 5.91. The Labute approximate surface area is 190 Å². The number of carboxylic acid groups (broad SMARTS) is 1. The topological polar surface area (TPSA) is 123 Å². The lowest BCUT2D eigenvalue weighted by Crippen LogP contribution is -2.36. The minimum Gasteiger partial charge on any atom is -0.480 e. The number of fused-ring (bicyclic) bond motifs is 3. The first-order valence-corrected chi connectivity index (χ1v) is 10.6. The molecule has 0 aliphatic heterocycles. The van der Waals surface area contributed by atoms with Gasteiger partial charge in [0.05, 0.1) is 11.9 Å². The van der Waals surface area contributed by atoms with E-state index in [1.807, 2.05) is 36.4 Å². The van der Waals surface area contributed by atoms with Crippen LogP contribution in [-0.4, -0.2) is 45.5 Å². The molecule has 170 valence electrons. The molecule has 33 heavy (non-hydrogen) atoms. The Balaban J connectivity index is 1.27. The SMILES string of the molecule is C[C@H](CC(=O)Nc1cnn(CC(=O)O)c1)NC(=O)OCC1c2ccccc2-c2ccccc21. The van der Waals surface area contributed by atoms with Crippen molar-refractivity contribution in [1.82, 2.24) is 15.1 Å². The summed E-state index contributed by atoms with van der Waals surface area (Å²) in [5.74, 6) is -1.41. The number of aromatic nitrogens is 2. The van der Waals surface area contributed by atoms with E-state index in [2.05, 4.69) is 27.9 Å². The zero-order chi connectivity index (χ0) is 23.4. The second-order valence-electron chi connectivity index (χ2n) is 7.94. The van der Waals surface area contributed by atoms with Crippen LogP contribution < -0.4 is 10.6 Å². The van der Waals surface area contributed by atoms with E-state index in [0.29, 0.717) is 5.69 Å². The predicted molar refractivity (Wildman–Crippen MR) is 121 cm³/mol. The van der Waals surface area contributed by atoms with E-state index in [0.717, 1.165) is 22.3 Å². The van der Waals surface area contributed by atoms with E-state index in [4.69, 9.17) is 9.84 Å². The summed E-state index contributed by atoms with van der Waals surface area (Å²) in [6.45, 7) is 1.60. The van der Waals surface area contributed by atoms with E-state index in [-0.39, 0.29) is 31.4 Å². The third kappa shape index (κ3) is 5.20. The van der Waals surface area contributed by atoms with Gasteiger partial charge < -0.3 is 20.5 Å². The number of nitrogens with one attached hydrogen (secondary N) is 2. The number of rotatable bonds is 8. The van der Waals surface area contributed by atoms with Gasteiger partial charge in [0.2, 0.25) is 5.91 Å². The highest BCUT2D eigenvalue weighted by Crippen LogP contribution is 2.44. The minimum atomic E-state index is -1.03. The Hall–Kier alpha value is -4.14. The van der Waals surface area contributed by atoms with Gasteiger partial charge in [-0.1, -0.05) is 48.5 Å². The maximum absolute atomic E-state index is 12.3. The molecule has 0 bridgehead atoms. The molecule has 0 unspecified atom stereocenters. The number of ether oxygens (including phenoxy) is 1. The van der Waals surface area contributed by atoms with E-state index < -0.39 is 18.1 Å². The molecule has 0 fully saturated rings. The first-order valence-electron chi connectivity index (χ1n) is 10.6. The summed E-state index contributed by atoms with van der Waals surface area (Å²) in [7, 11) is 0. The van der Waals surface area contributed by atoms with E-state index in [1.54, 1.807) is 6.92 Å². The highest BCUT2D eigenvalue weighted by atomic mass is 16.5. The smallest absolute Gasteiger partial charge is 0.407 e. The van der Waals surface area contributed by atoms with Crippen LogP contribution in [0.1, 0.15) is 30.4 Å². The van der Waals surface area contributed by atoms with Crippen molar-refractivity contribution < 1.29 is 24.2 Å². The predicted octanol–water partition coefficient (Wildman–Crippen LogP) is 3.22. The van der Waals surface area contributed by atoms with Gasteiger partial charge in [0.25, 0.3) is 0 Å². The van der Waals surface area contributed by atoms with Crippen LogP contribution in [0.15, 0.2) is 60.9 Å². The minimum absolute atomic E-state index is 0.0221.